The summed E-state index contributed by atoms with van der Waals surface area (Å²) in [4.78, 5) is 22.4. The predicted octanol–water partition coefficient (Wildman–Crippen LogP) is 0.485. The molecule has 0 aromatic carbocycles. The zero-order valence-electron chi connectivity index (χ0n) is 6.94. The fourth-order valence-electron chi connectivity index (χ4n) is 1.43. The Morgan fingerprint density at radius 3 is 2.77 bits per heavy atom. The van der Waals surface area contributed by atoms with Gasteiger partial charge in [-0.15, -0.1) is 0 Å². The summed E-state index contributed by atoms with van der Waals surface area (Å²) < 4.78 is 2.49. The van der Waals surface area contributed by atoms with Crippen molar-refractivity contribution in [3.63, 3.8) is 0 Å². The van der Waals surface area contributed by atoms with Crippen LogP contribution >= 0.6 is 0 Å². The molecule has 3 heteroatoms. The molecule has 0 aromatic rings. The Morgan fingerprint density at radius 1 is 1.23 bits per heavy atom. The van der Waals surface area contributed by atoms with Crippen LogP contribution in [-0.4, -0.2) is 37.7 Å². The van der Waals surface area contributed by atoms with E-state index < -0.39 is 22.4 Å². The van der Waals surface area contributed by atoms with Crippen LogP contribution in [0.15, 0.2) is 36.0 Å². The first-order chi connectivity index (χ1) is 6.27. The SMILES string of the molecule is O=C1C=CC(=O)C([CH]2C=C[CH]=[In]2)=C1. The minimum atomic E-state index is -0.790. The van der Waals surface area contributed by atoms with Crippen LogP contribution in [0.25, 0.3) is 0 Å². The van der Waals surface area contributed by atoms with Gasteiger partial charge in [-0.2, -0.15) is 0 Å². The molecule has 0 radical (unpaired) electrons. The second-order valence-corrected chi connectivity index (χ2v) is 7.24. The molecule has 1 unspecified atom stereocenters. The van der Waals surface area contributed by atoms with Gasteiger partial charge in [-0.1, -0.05) is 0 Å². The van der Waals surface area contributed by atoms with Gasteiger partial charge in [0.2, 0.25) is 0 Å². The molecule has 1 aliphatic heterocycles. The molecule has 0 bridgehead atoms. The Morgan fingerprint density at radius 2 is 2.08 bits per heavy atom. The molecule has 2 aliphatic rings. The molecule has 0 spiro atoms. The fourth-order valence-corrected chi connectivity index (χ4v) is 4.91. The first-order valence-corrected chi connectivity index (χ1v) is 7.91. The molecular formula is C10H7InO2. The maximum atomic E-state index is 11.4. The molecule has 62 valence electrons. The Hall–Kier alpha value is -0.700. The molecule has 13 heavy (non-hydrogen) atoms. The molecule has 0 saturated carbocycles. The van der Waals surface area contributed by atoms with Crippen LogP contribution in [0.2, 0.25) is 3.67 Å². The van der Waals surface area contributed by atoms with Crippen molar-refractivity contribution < 1.29 is 9.59 Å². The molecule has 0 aromatic heterocycles. The predicted molar refractivity (Wildman–Crippen MR) is 51.9 cm³/mol. The molecule has 0 amide bonds. The molecule has 1 atom stereocenters. The third-order valence-electron chi connectivity index (χ3n) is 2.09. The van der Waals surface area contributed by atoms with Crippen molar-refractivity contribution in [2.45, 2.75) is 3.67 Å². The standard InChI is InChI=1S/C10H7O2.In/c1-2-3-4-8-7-9(11)5-6-10(8)12;/h1-7H;. The first kappa shape index (κ1) is 8.88. The van der Waals surface area contributed by atoms with E-state index in [2.05, 4.69) is 3.76 Å². The van der Waals surface area contributed by atoms with Crippen LogP contribution in [0, 0.1) is 0 Å². The van der Waals surface area contributed by atoms with E-state index in [1.807, 2.05) is 12.2 Å². The van der Waals surface area contributed by atoms with E-state index in [1.165, 1.54) is 18.2 Å². The van der Waals surface area contributed by atoms with E-state index in [4.69, 9.17) is 0 Å². The summed E-state index contributed by atoms with van der Waals surface area (Å²) in [5.41, 5.74) is 0.707. The average Bonchev–Trinajstić information content (AvgIpc) is 2.61. The van der Waals surface area contributed by atoms with Crippen LogP contribution in [0.1, 0.15) is 0 Å². The van der Waals surface area contributed by atoms with Crippen LogP contribution in [0.5, 0.6) is 0 Å². The van der Waals surface area contributed by atoms with Crippen molar-refractivity contribution in [3.8, 4) is 0 Å². The van der Waals surface area contributed by atoms with E-state index in [0.29, 0.717) is 9.25 Å². The van der Waals surface area contributed by atoms with Gasteiger partial charge in [0.1, 0.15) is 0 Å². The number of ketones is 2. The molecule has 1 aliphatic carbocycles. The third-order valence-corrected chi connectivity index (χ3v) is 6.20. The third kappa shape index (κ3) is 1.80. The van der Waals surface area contributed by atoms with Crippen molar-refractivity contribution >= 4 is 37.7 Å². The molecule has 0 fully saturated rings. The van der Waals surface area contributed by atoms with Crippen molar-refractivity contribution in [1.82, 2.24) is 0 Å². The van der Waals surface area contributed by atoms with Crippen LogP contribution < -0.4 is 0 Å². The monoisotopic (exact) mass is 274 g/mol. The van der Waals surface area contributed by atoms with Gasteiger partial charge in [0.15, 0.2) is 0 Å². The Kier molecular flexibility index (Phi) is 2.45. The number of rotatable bonds is 1. The van der Waals surface area contributed by atoms with Crippen LogP contribution in [0.3, 0.4) is 0 Å². The molecule has 0 saturated heterocycles. The van der Waals surface area contributed by atoms with E-state index in [1.54, 1.807) is 0 Å². The van der Waals surface area contributed by atoms with E-state index in [-0.39, 0.29) is 11.6 Å². The molecule has 1 heterocycles. The number of hydrogen-bond acceptors (Lipinski definition) is 2. The molecular weight excluding hydrogens is 267 g/mol. The summed E-state index contributed by atoms with van der Waals surface area (Å²) in [6.45, 7) is 0. The van der Waals surface area contributed by atoms with E-state index >= 15 is 0 Å². The first-order valence-electron chi connectivity index (χ1n) is 4.10. The van der Waals surface area contributed by atoms with E-state index in [9.17, 15) is 9.59 Å². The number of hydrogen-bond donors (Lipinski definition) is 0. The number of carbonyl (C=O) groups excluding carboxylic acids is 2. The number of allylic oxidation sites excluding steroid dienone is 6. The topological polar surface area (TPSA) is 34.1 Å². The summed E-state index contributed by atoms with van der Waals surface area (Å²) >= 11 is -0.790. The van der Waals surface area contributed by atoms with Gasteiger partial charge in [-0.25, -0.2) is 0 Å². The summed E-state index contributed by atoms with van der Waals surface area (Å²) in [5, 5.41) is 0. The van der Waals surface area contributed by atoms with Gasteiger partial charge in [0.25, 0.3) is 0 Å². The van der Waals surface area contributed by atoms with Crippen molar-refractivity contribution in [3.05, 3.63) is 36.0 Å². The van der Waals surface area contributed by atoms with Gasteiger partial charge < -0.3 is 0 Å². The summed E-state index contributed by atoms with van der Waals surface area (Å²) in [7, 11) is 0. The Bertz CT molecular complexity index is 374. The maximum absolute atomic E-state index is 11.4. The fraction of sp³-hybridized carbons (Fsp3) is 0.100. The van der Waals surface area contributed by atoms with Gasteiger partial charge in [0.05, 0.1) is 0 Å². The van der Waals surface area contributed by atoms with Gasteiger partial charge >= 0.3 is 87.0 Å². The van der Waals surface area contributed by atoms with E-state index in [0.717, 1.165) is 0 Å². The summed E-state index contributed by atoms with van der Waals surface area (Å²) in [6.07, 6.45) is 8.26. The van der Waals surface area contributed by atoms with Gasteiger partial charge in [0, 0.05) is 0 Å². The normalized spacial score (nSPS) is 24.9. The minimum absolute atomic E-state index is 0.0100. The van der Waals surface area contributed by atoms with Crippen LogP contribution in [0.4, 0.5) is 0 Å². The second-order valence-electron chi connectivity index (χ2n) is 3.00. The summed E-state index contributed by atoms with van der Waals surface area (Å²) in [5.74, 6) is -0.0476. The second kappa shape index (κ2) is 3.58. The number of carbonyl (C=O) groups is 2. The molecule has 2 rings (SSSR count). The summed E-state index contributed by atoms with van der Waals surface area (Å²) in [6, 6.07) is 0. The van der Waals surface area contributed by atoms with Crippen molar-refractivity contribution in [2.75, 3.05) is 0 Å². The molecule has 0 N–H and O–H groups in total. The van der Waals surface area contributed by atoms with Crippen LogP contribution in [-0.2, 0) is 9.59 Å². The Labute approximate surface area is 86.8 Å². The Balaban J connectivity index is 2.32. The zero-order chi connectivity index (χ0) is 9.26. The zero-order valence-corrected chi connectivity index (χ0v) is 10.2. The van der Waals surface area contributed by atoms with Crippen molar-refractivity contribution in [2.24, 2.45) is 0 Å². The van der Waals surface area contributed by atoms with Gasteiger partial charge in [-0.05, 0) is 0 Å². The van der Waals surface area contributed by atoms with Gasteiger partial charge in [-0.3, -0.25) is 0 Å². The average molecular weight is 274 g/mol. The van der Waals surface area contributed by atoms with Crippen molar-refractivity contribution in [1.29, 1.82) is 0 Å². The quantitative estimate of drug-likeness (QED) is 0.652. The molecule has 2 nitrogen and oxygen atoms in total.